The minimum Gasteiger partial charge on any atom is -0.358 e. The van der Waals surface area contributed by atoms with E-state index in [1.807, 2.05) is 0 Å². The van der Waals surface area contributed by atoms with Gasteiger partial charge in [-0.15, -0.1) is 0 Å². The van der Waals surface area contributed by atoms with E-state index in [0.29, 0.717) is 0 Å². The zero-order valence-corrected chi connectivity index (χ0v) is 8.23. The summed E-state index contributed by atoms with van der Waals surface area (Å²) in [6, 6.07) is 10.6. The zero-order chi connectivity index (χ0) is 9.10. The molecule has 0 unspecified atom stereocenters. The lowest BCUT2D eigenvalue weighted by atomic mass is 10.2. The fourth-order valence-electron chi connectivity index (χ4n) is 1.53. The lowest BCUT2D eigenvalue weighted by Gasteiger charge is -1.91. The number of aromatic amines is 1. The molecule has 0 aliphatic rings. The molecule has 1 N–H and O–H groups in total. The van der Waals surface area contributed by atoms with Gasteiger partial charge < -0.3 is 4.98 Å². The molecule has 0 fully saturated rings. The van der Waals surface area contributed by atoms with Crippen LogP contribution in [-0.2, 0) is 6.42 Å². The van der Waals surface area contributed by atoms with Crippen LogP contribution in [0.4, 0.5) is 0 Å². The standard InChI is InChI=1S/C11H12NS/c13-7-3-5-10-8-9-4-1-2-6-11(9)12-10/h1-2,4,6,8,12H,3,5,7H2. The summed E-state index contributed by atoms with van der Waals surface area (Å²) >= 11 is 4.92. The Hall–Kier alpha value is -0.890. The molecule has 67 valence electrons. The lowest BCUT2D eigenvalue weighted by Crippen LogP contribution is -1.84. The second-order valence-electron chi connectivity index (χ2n) is 3.19. The molecule has 2 aromatic rings. The van der Waals surface area contributed by atoms with Gasteiger partial charge in [-0.3, -0.25) is 0 Å². The van der Waals surface area contributed by atoms with Gasteiger partial charge in [0.15, 0.2) is 0 Å². The molecule has 0 aliphatic heterocycles. The van der Waals surface area contributed by atoms with Crippen molar-refractivity contribution >= 4 is 23.5 Å². The van der Waals surface area contributed by atoms with Gasteiger partial charge in [-0.05, 0) is 30.4 Å². The maximum atomic E-state index is 4.92. The second kappa shape index (κ2) is 3.88. The summed E-state index contributed by atoms with van der Waals surface area (Å²) in [5.74, 6) is 0.843. The fraction of sp³-hybridized carbons (Fsp3) is 0.273. The number of para-hydroxylation sites is 1. The Morgan fingerprint density at radius 1 is 1.23 bits per heavy atom. The second-order valence-corrected chi connectivity index (χ2v) is 3.60. The molecular weight excluding hydrogens is 178 g/mol. The van der Waals surface area contributed by atoms with E-state index in [1.165, 1.54) is 16.6 Å². The molecule has 13 heavy (non-hydrogen) atoms. The van der Waals surface area contributed by atoms with Crippen LogP contribution in [0.25, 0.3) is 10.9 Å². The van der Waals surface area contributed by atoms with E-state index < -0.39 is 0 Å². The summed E-state index contributed by atoms with van der Waals surface area (Å²) in [4.78, 5) is 3.38. The van der Waals surface area contributed by atoms with Crippen molar-refractivity contribution in [3.63, 3.8) is 0 Å². The van der Waals surface area contributed by atoms with Gasteiger partial charge in [0.05, 0.1) is 0 Å². The monoisotopic (exact) mass is 190 g/mol. The predicted molar refractivity (Wildman–Crippen MR) is 59.1 cm³/mol. The third kappa shape index (κ3) is 1.89. The molecule has 1 nitrogen and oxygen atoms in total. The van der Waals surface area contributed by atoms with Crippen molar-refractivity contribution < 1.29 is 0 Å². The third-order valence-electron chi connectivity index (χ3n) is 2.18. The number of benzene rings is 1. The number of aromatic nitrogens is 1. The van der Waals surface area contributed by atoms with E-state index in [0.717, 1.165) is 18.6 Å². The van der Waals surface area contributed by atoms with Crippen LogP contribution >= 0.6 is 12.6 Å². The van der Waals surface area contributed by atoms with Crippen molar-refractivity contribution in [1.82, 2.24) is 4.98 Å². The Morgan fingerprint density at radius 3 is 2.85 bits per heavy atom. The molecule has 1 heterocycles. The number of rotatable bonds is 3. The molecule has 0 saturated carbocycles. The highest BCUT2D eigenvalue weighted by molar-refractivity contribution is 7.80. The first-order chi connectivity index (χ1) is 6.40. The smallest absolute Gasteiger partial charge is 0.0456 e. The number of H-pyrrole nitrogens is 1. The predicted octanol–water partition coefficient (Wildman–Crippen LogP) is 3.30. The SMILES string of the molecule is [S]CCCc1cc2ccccc2[nH]1. The maximum absolute atomic E-state index is 4.92. The molecule has 0 amide bonds. The van der Waals surface area contributed by atoms with Crippen LogP contribution in [0.5, 0.6) is 0 Å². The van der Waals surface area contributed by atoms with Gasteiger partial charge in [0.25, 0.3) is 0 Å². The quantitative estimate of drug-likeness (QED) is 0.764. The van der Waals surface area contributed by atoms with Crippen LogP contribution < -0.4 is 0 Å². The zero-order valence-electron chi connectivity index (χ0n) is 7.42. The number of hydrogen-bond donors (Lipinski definition) is 1. The van der Waals surface area contributed by atoms with Crippen molar-refractivity contribution in [3.8, 4) is 0 Å². The molecule has 1 aromatic heterocycles. The van der Waals surface area contributed by atoms with Crippen molar-refractivity contribution in [2.75, 3.05) is 5.75 Å². The normalized spacial score (nSPS) is 10.8. The van der Waals surface area contributed by atoms with Crippen LogP contribution in [0, 0.1) is 0 Å². The molecular formula is C11H12NS. The molecule has 1 aromatic carbocycles. The summed E-state index contributed by atoms with van der Waals surface area (Å²) in [6.45, 7) is 0. The van der Waals surface area contributed by atoms with Gasteiger partial charge in [-0.2, -0.15) is 0 Å². The van der Waals surface area contributed by atoms with Gasteiger partial charge in [-0.1, -0.05) is 30.8 Å². The maximum Gasteiger partial charge on any atom is 0.0456 e. The van der Waals surface area contributed by atoms with Gasteiger partial charge in [0.1, 0.15) is 0 Å². The Labute approximate surface area is 83.6 Å². The van der Waals surface area contributed by atoms with Gasteiger partial charge >= 0.3 is 0 Å². The van der Waals surface area contributed by atoms with E-state index in [2.05, 4.69) is 35.3 Å². The summed E-state index contributed by atoms with van der Waals surface area (Å²) in [7, 11) is 0. The number of aryl methyl sites for hydroxylation is 1. The highest BCUT2D eigenvalue weighted by atomic mass is 32.1. The number of hydrogen-bond acceptors (Lipinski definition) is 0. The molecule has 2 rings (SSSR count). The van der Waals surface area contributed by atoms with Crippen molar-refractivity contribution in [1.29, 1.82) is 0 Å². The average molecular weight is 190 g/mol. The third-order valence-corrected chi connectivity index (χ3v) is 2.46. The molecule has 0 atom stereocenters. The van der Waals surface area contributed by atoms with Crippen LogP contribution in [0.15, 0.2) is 30.3 Å². The Balaban J connectivity index is 2.28. The molecule has 1 radical (unpaired) electrons. The highest BCUT2D eigenvalue weighted by Gasteiger charge is 1.98. The van der Waals surface area contributed by atoms with Gasteiger partial charge in [-0.25, -0.2) is 0 Å². The summed E-state index contributed by atoms with van der Waals surface area (Å²) in [5.41, 5.74) is 2.52. The van der Waals surface area contributed by atoms with Gasteiger partial charge in [0.2, 0.25) is 0 Å². The van der Waals surface area contributed by atoms with E-state index in [9.17, 15) is 0 Å². The lowest BCUT2D eigenvalue weighted by molar-refractivity contribution is 0.909. The first-order valence-corrected chi connectivity index (χ1v) is 5.12. The minimum atomic E-state index is 0.843. The van der Waals surface area contributed by atoms with Crippen molar-refractivity contribution in [2.45, 2.75) is 12.8 Å². The molecule has 0 aliphatic carbocycles. The van der Waals surface area contributed by atoms with Crippen molar-refractivity contribution in [2.24, 2.45) is 0 Å². The van der Waals surface area contributed by atoms with Crippen LogP contribution in [0.1, 0.15) is 12.1 Å². The molecule has 2 heteroatoms. The Kier molecular flexibility index (Phi) is 2.60. The van der Waals surface area contributed by atoms with E-state index in [-0.39, 0.29) is 0 Å². The van der Waals surface area contributed by atoms with Crippen LogP contribution in [0.3, 0.4) is 0 Å². The number of nitrogens with one attached hydrogen (secondary N) is 1. The van der Waals surface area contributed by atoms with E-state index in [4.69, 9.17) is 12.6 Å². The number of fused-ring (bicyclic) bond motifs is 1. The first-order valence-electron chi connectivity index (χ1n) is 4.55. The van der Waals surface area contributed by atoms with Crippen molar-refractivity contribution in [3.05, 3.63) is 36.0 Å². The summed E-state index contributed by atoms with van der Waals surface area (Å²) in [6.07, 6.45) is 2.15. The Bertz CT molecular complexity index is 359. The fourth-order valence-corrected chi connectivity index (χ4v) is 1.68. The topological polar surface area (TPSA) is 15.8 Å². The van der Waals surface area contributed by atoms with E-state index >= 15 is 0 Å². The highest BCUT2D eigenvalue weighted by Crippen LogP contribution is 2.15. The van der Waals surface area contributed by atoms with Gasteiger partial charge in [0, 0.05) is 17.0 Å². The van der Waals surface area contributed by atoms with E-state index in [1.54, 1.807) is 0 Å². The van der Waals surface area contributed by atoms with Crippen LogP contribution in [-0.4, -0.2) is 10.7 Å². The van der Waals surface area contributed by atoms with Crippen LogP contribution in [0.2, 0.25) is 0 Å². The largest absolute Gasteiger partial charge is 0.358 e. The molecule has 0 bridgehead atoms. The Morgan fingerprint density at radius 2 is 2.08 bits per heavy atom. The average Bonchev–Trinajstić information content (AvgIpc) is 2.57. The summed E-state index contributed by atoms with van der Waals surface area (Å²) in [5, 5.41) is 1.29. The molecule has 0 saturated heterocycles. The minimum absolute atomic E-state index is 0.843. The first kappa shape index (κ1) is 8.70. The summed E-state index contributed by atoms with van der Waals surface area (Å²) < 4.78 is 0. The molecule has 0 spiro atoms.